The van der Waals surface area contributed by atoms with Crippen molar-refractivity contribution in [3.63, 3.8) is 0 Å². The third kappa shape index (κ3) is 4.93. The predicted molar refractivity (Wildman–Crippen MR) is 106 cm³/mol. The zero-order valence-corrected chi connectivity index (χ0v) is 15.0. The van der Waals surface area contributed by atoms with Gasteiger partial charge in [0.15, 0.2) is 5.11 Å². The van der Waals surface area contributed by atoms with Crippen LogP contribution in [0, 0.1) is 0 Å². The second-order valence-corrected chi connectivity index (χ2v) is 6.05. The van der Waals surface area contributed by atoms with Crippen LogP contribution in [0.15, 0.2) is 48.5 Å². The molecule has 5 nitrogen and oxygen atoms in total. The molecule has 1 aromatic heterocycles. The summed E-state index contributed by atoms with van der Waals surface area (Å²) in [7, 11) is 0. The van der Waals surface area contributed by atoms with Crippen LogP contribution in [0.5, 0.6) is 5.75 Å². The van der Waals surface area contributed by atoms with Crippen molar-refractivity contribution in [3.05, 3.63) is 54.4 Å². The van der Waals surface area contributed by atoms with Crippen LogP contribution in [0.25, 0.3) is 11.0 Å². The minimum Gasteiger partial charge on any atom is -0.494 e. The zero-order valence-electron chi connectivity index (χ0n) is 14.2. The molecule has 0 spiro atoms. The van der Waals surface area contributed by atoms with E-state index in [4.69, 9.17) is 17.0 Å². The number of rotatable bonds is 7. The molecule has 3 aromatic rings. The van der Waals surface area contributed by atoms with Crippen molar-refractivity contribution in [2.45, 2.75) is 19.8 Å². The fourth-order valence-corrected chi connectivity index (χ4v) is 2.78. The zero-order chi connectivity index (χ0) is 17.5. The lowest BCUT2D eigenvalue weighted by molar-refractivity contribution is 0.340. The number of hydrogen-bond acceptors (Lipinski definition) is 3. The van der Waals surface area contributed by atoms with E-state index in [0.717, 1.165) is 47.7 Å². The average Bonchev–Trinajstić information content (AvgIpc) is 3.03. The van der Waals surface area contributed by atoms with E-state index in [2.05, 4.69) is 20.6 Å². The highest BCUT2D eigenvalue weighted by Gasteiger charge is 2.02. The Kier molecular flexibility index (Phi) is 5.85. The number of thiocarbonyl (C=S) groups is 1. The lowest BCUT2D eigenvalue weighted by Gasteiger charge is -2.11. The van der Waals surface area contributed by atoms with Gasteiger partial charge in [-0.25, -0.2) is 4.98 Å². The van der Waals surface area contributed by atoms with Gasteiger partial charge in [0.2, 0.25) is 0 Å². The number of nitrogens with zero attached hydrogens (tertiary/aromatic N) is 1. The molecular weight excluding hydrogens is 332 g/mol. The van der Waals surface area contributed by atoms with Gasteiger partial charge in [-0.1, -0.05) is 12.1 Å². The van der Waals surface area contributed by atoms with Crippen LogP contribution >= 0.6 is 12.2 Å². The summed E-state index contributed by atoms with van der Waals surface area (Å²) in [6, 6.07) is 15.8. The molecular formula is C19H22N4OS. The first-order chi connectivity index (χ1) is 12.2. The fraction of sp³-hybridized carbons (Fsp3) is 0.263. The van der Waals surface area contributed by atoms with Crippen LogP contribution in [0.1, 0.15) is 19.2 Å². The predicted octanol–water partition coefficient (Wildman–Crippen LogP) is 3.88. The molecule has 6 heteroatoms. The van der Waals surface area contributed by atoms with Crippen LogP contribution in [0.4, 0.5) is 5.69 Å². The molecule has 130 valence electrons. The lowest BCUT2D eigenvalue weighted by atomic mass is 10.3. The van der Waals surface area contributed by atoms with Crippen molar-refractivity contribution in [1.29, 1.82) is 0 Å². The molecule has 2 aromatic carbocycles. The summed E-state index contributed by atoms with van der Waals surface area (Å²) >= 11 is 5.33. The lowest BCUT2D eigenvalue weighted by Crippen LogP contribution is -2.29. The first-order valence-corrected chi connectivity index (χ1v) is 8.87. The Morgan fingerprint density at radius 2 is 1.96 bits per heavy atom. The molecule has 25 heavy (non-hydrogen) atoms. The second-order valence-electron chi connectivity index (χ2n) is 5.64. The topological polar surface area (TPSA) is 62.0 Å². The number of para-hydroxylation sites is 2. The monoisotopic (exact) mass is 354 g/mol. The molecule has 0 saturated heterocycles. The van der Waals surface area contributed by atoms with E-state index < -0.39 is 0 Å². The molecule has 0 fully saturated rings. The van der Waals surface area contributed by atoms with Crippen LogP contribution < -0.4 is 15.4 Å². The van der Waals surface area contributed by atoms with Crippen molar-refractivity contribution < 1.29 is 4.74 Å². The van der Waals surface area contributed by atoms with E-state index in [9.17, 15) is 0 Å². The van der Waals surface area contributed by atoms with Gasteiger partial charge < -0.3 is 20.4 Å². The molecule has 0 bridgehead atoms. The van der Waals surface area contributed by atoms with Gasteiger partial charge in [0, 0.05) is 18.7 Å². The molecule has 0 radical (unpaired) electrons. The maximum absolute atomic E-state index is 5.42. The Morgan fingerprint density at radius 3 is 2.72 bits per heavy atom. The Bertz CT molecular complexity index is 796. The quantitative estimate of drug-likeness (QED) is 0.444. The van der Waals surface area contributed by atoms with Crippen LogP contribution in [0.3, 0.4) is 0 Å². The van der Waals surface area contributed by atoms with Gasteiger partial charge in [-0.15, -0.1) is 0 Å². The molecule has 0 aliphatic rings. The third-order valence-electron chi connectivity index (χ3n) is 3.74. The molecule has 0 saturated carbocycles. The summed E-state index contributed by atoms with van der Waals surface area (Å²) in [4.78, 5) is 7.92. The van der Waals surface area contributed by atoms with E-state index >= 15 is 0 Å². The highest BCUT2D eigenvalue weighted by molar-refractivity contribution is 7.80. The van der Waals surface area contributed by atoms with E-state index in [-0.39, 0.29) is 0 Å². The summed E-state index contributed by atoms with van der Waals surface area (Å²) in [5, 5.41) is 7.01. The van der Waals surface area contributed by atoms with Gasteiger partial charge in [0.25, 0.3) is 0 Å². The number of ether oxygens (including phenoxy) is 1. The number of aryl methyl sites for hydroxylation is 1. The molecule has 3 N–H and O–H groups in total. The number of benzene rings is 2. The average molecular weight is 354 g/mol. The van der Waals surface area contributed by atoms with Crippen LogP contribution in [0.2, 0.25) is 0 Å². The highest BCUT2D eigenvalue weighted by atomic mass is 32.1. The number of fused-ring (bicyclic) bond motifs is 1. The first kappa shape index (κ1) is 17.2. The second kappa shape index (κ2) is 8.48. The number of nitrogens with one attached hydrogen (secondary N) is 3. The number of hydrogen-bond donors (Lipinski definition) is 3. The van der Waals surface area contributed by atoms with Crippen LogP contribution in [-0.2, 0) is 6.42 Å². The van der Waals surface area contributed by atoms with Crippen molar-refractivity contribution in [1.82, 2.24) is 15.3 Å². The number of aromatic nitrogens is 2. The van der Waals surface area contributed by atoms with E-state index in [1.165, 1.54) is 0 Å². The van der Waals surface area contributed by atoms with Gasteiger partial charge in [-0.3, -0.25) is 0 Å². The smallest absolute Gasteiger partial charge is 0.170 e. The maximum atomic E-state index is 5.42. The van der Waals surface area contributed by atoms with Gasteiger partial charge in [0.05, 0.1) is 17.6 Å². The molecule has 3 rings (SSSR count). The number of H-pyrrole nitrogens is 1. The molecule has 0 amide bonds. The van der Waals surface area contributed by atoms with Crippen molar-refractivity contribution in [2.24, 2.45) is 0 Å². The van der Waals surface area contributed by atoms with Crippen molar-refractivity contribution >= 4 is 34.1 Å². The number of imidazole rings is 1. The molecule has 0 aliphatic carbocycles. The largest absolute Gasteiger partial charge is 0.494 e. The summed E-state index contributed by atoms with van der Waals surface area (Å²) in [6.07, 6.45) is 1.83. The van der Waals surface area contributed by atoms with Gasteiger partial charge in [-0.2, -0.15) is 0 Å². The Balaban J connectivity index is 1.40. The summed E-state index contributed by atoms with van der Waals surface area (Å²) in [5.74, 6) is 1.87. The standard InChI is InChI=1S/C19H22N4OS/c1-2-24-15-11-9-14(10-12-15)21-19(25)20-13-5-8-18-22-16-6-3-4-7-17(16)23-18/h3-4,6-7,9-12H,2,5,8,13H2,1H3,(H,22,23)(H2,20,21,25). The minimum absolute atomic E-state index is 0.619. The Hall–Kier alpha value is -2.60. The molecule has 0 aliphatic heterocycles. The van der Waals surface area contributed by atoms with Gasteiger partial charge >= 0.3 is 0 Å². The Labute approximate surface area is 152 Å². The minimum atomic E-state index is 0.619. The number of anilines is 1. The van der Waals surface area contributed by atoms with E-state index in [1.54, 1.807) is 0 Å². The maximum Gasteiger partial charge on any atom is 0.170 e. The highest BCUT2D eigenvalue weighted by Crippen LogP contribution is 2.15. The summed E-state index contributed by atoms with van der Waals surface area (Å²) in [6.45, 7) is 3.43. The number of aromatic amines is 1. The molecule has 0 unspecified atom stereocenters. The third-order valence-corrected chi connectivity index (χ3v) is 3.98. The SMILES string of the molecule is CCOc1ccc(NC(=S)NCCCc2nc3ccccc3[nH]2)cc1. The molecule has 0 atom stereocenters. The van der Waals surface area contributed by atoms with Gasteiger partial charge in [0.1, 0.15) is 11.6 Å². The summed E-state index contributed by atoms with van der Waals surface area (Å²) in [5.41, 5.74) is 3.04. The van der Waals surface area contributed by atoms with Crippen molar-refractivity contribution in [2.75, 3.05) is 18.5 Å². The Morgan fingerprint density at radius 1 is 1.16 bits per heavy atom. The molecule has 1 heterocycles. The first-order valence-electron chi connectivity index (χ1n) is 8.46. The van der Waals surface area contributed by atoms with Crippen LogP contribution in [-0.4, -0.2) is 28.2 Å². The van der Waals surface area contributed by atoms with E-state index in [0.29, 0.717) is 11.7 Å². The normalized spacial score (nSPS) is 10.6. The summed E-state index contributed by atoms with van der Waals surface area (Å²) < 4.78 is 5.42. The van der Waals surface area contributed by atoms with Crippen molar-refractivity contribution in [3.8, 4) is 5.75 Å². The van der Waals surface area contributed by atoms with Gasteiger partial charge in [-0.05, 0) is 62.0 Å². The van der Waals surface area contributed by atoms with E-state index in [1.807, 2.05) is 55.5 Å². The fourth-order valence-electron chi connectivity index (χ4n) is 2.56.